The van der Waals surface area contributed by atoms with Gasteiger partial charge in [0.15, 0.2) is 0 Å². The second-order valence-electron chi connectivity index (χ2n) is 4.87. The number of nitrogens with one attached hydrogen (secondary N) is 1. The van der Waals surface area contributed by atoms with Crippen LogP contribution >= 0.6 is 11.6 Å². The van der Waals surface area contributed by atoms with Gasteiger partial charge < -0.3 is 14.9 Å². The summed E-state index contributed by atoms with van der Waals surface area (Å²) in [4.78, 5) is 11.6. The van der Waals surface area contributed by atoms with Gasteiger partial charge in [-0.05, 0) is 44.2 Å². The number of aryl methyl sites for hydroxylation is 1. The smallest absolute Gasteiger partial charge is 0.229 e. The summed E-state index contributed by atoms with van der Waals surface area (Å²) >= 11 is 5.81. The standard InChI is InChI=1S/C12H17ClN2O3/c1-8-9(11(13)18-15-8)3-4-10(16)14-7-12(17)5-2-6-12/h17H,2-7H2,1H3,(H,14,16). The van der Waals surface area contributed by atoms with Crippen LogP contribution in [0.5, 0.6) is 0 Å². The number of aromatic nitrogens is 1. The third-order valence-corrected chi connectivity index (χ3v) is 3.73. The summed E-state index contributed by atoms with van der Waals surface area (Å²) in [6.07, 6.45) is 3.38. The molecule has 0 radical (unpaired) electrons. The number of hydrogen-bond donors (Lipinski definition) is 2. The highest BCUT2D eigenvalue weighted by atomic mass is 35.5. The first-order valence-electron chi connectivity index (χ1n) is 6.10. The minimum Gasteiger partial charge on any atom is -0.388 e. The third-order valence-electron chi connectivity index (χ3n) is 3.44. The van der Waals surface area contributed by atoms with Gasteiger partial charge in [0, 0.05) is 18.5 Å². The fraction of sp³-hybridized carbons (Fsp3) is 0.667. The largest absolute Gasteiger partial charge is 0.388 e. The molecule has 1 aliphatic carbocycles. The monoisotopic (exact) mass is 272 g/mol. The van der Waals surface area contributed by atoms with Crippen molar-refractivity contribution in [3.63, 3.8) is 0 Å². The average Bonchev–Trinajstić information content (AvgIpc) is 2.61. The van der Waals surface area contributed by atoms with E-state index in [1.165, 1.54) is 0 Å². The molecule has 1 heterocycles. The topological polar surface area (TPSA) is 75.4 Å². The van der Waals surface area contributed by atoms with E-state index in [1.54, 1.807) is 6.92 Å². The van der Waals surface area contributed by atoms with Crippen LogP contribution in [0.4, 0.5) is 0 Å². The van der Waals surface area contributed by atoms with E-state index >= 15 is 0 Å². The predicted octanol–water partition coefficient (Wildman–Crippen LogP) is 1.60. The molecule has 1 aromatic rings. The van der Waals surface area contributed by atoms with Crippen LogP contribution in [0.1, 0.15) is 36.9 Å². The predicted molar refractivity (Wildman–Crippen MR) is 66.4 cm³/mol. The summed E-state index contributed by atoms with van der Waals surface area (Å²) in [5, 5.41) is 16.6. The second-order valence-corrected chi connectivity index (χ2v) is 5.22. The molecule has 5 nitrogen and oxygen atoms in total. The van der Waals surface area contributed by atoms with Crippen molar-refractivity contribution in [2.24, 2.45) is 0 Å². The van der Waals surface area contributed by atoms with Crippen LogP contribution in [0.15, 0.2) is 4.52 Å². The lowest BCUT2D eigenvalue weighted by molar-refractivity contribution is -0.123. The molecular formula is C12H17ClN2O3. The van der Waals surface area contributed by atoms with E-state index in [4.69, 9.17) is 16.1 Å². The van der Waals surface area contributed by atoms with Gasteiger partial charge in [-0.25, -0.2) is 0 Å². The Labute approximate surface area is 110 Å². The van der Waals surface area contributed by atoms with E-state index in [1.807, 2.05) is 0 Å². The lowest BCUT2D eigenvalue weighted by Gasteiger charge is -2.36. The number of nitrogens with zero attached hydrogens (tertiary/aromatic N) is 1. The minimum atomic E-state index is -0.680. The van der Waals surface area contributed by atoms with Crippen LogP contribution in [0, 0.1) is 6.92 Å². The molecule has 0 spiro atoms. The summed E-state index contributed by atoms with van der Waals surface area (Å²) in [6, 6.07) is 0. The van der Waals surface area contributed by atoms with E-state index in [-0.39, 0.29) is 11.1 Å². The van der Waals surface area contributed by atoms with Crippen molar-refractivity contribution >= 4 is 17.5 Å². The molecule has 0 bridgehead atoms. The Bertz CT molecular complexity index is 421. The van der Waals surface area contributed by atoms with Crippen LogP contribution in [-0.4, -0.2) is 28.3 Å². The number of halogens is 1. The van der Waals surface area contributed by atoms with Gasteiger partial charge in [0.05, 0.1) is 11.3 Å². The Morgan fingerprint density at radius 1 is 1.61 bits per heavy atom. The van der Waals surface area contributed by atoms with Crippen LogP contribution in [0.3, 0.4) is 0 Å². The van der Waals surface area contributed by atoms with Crippen LogP contribution in [0.2, 0.25) is 5.22 Å². The quantitative estimate of drug-likeness (QED) is 0.854. The number of aliphatic hydroxyl groups is 1. The van der Waals surface area contributed by atoms with Crippen molar-refractivity contribution in [3.05, 3.63) is 16.5 Å². The molecule has 1 aliphatic rings. The van der Waals surface area contributed by atoms with Gasteiger partial charge in [0.2, 0.25) is 11.1 Å². The molecule has 0 aromatic carbocycles. The molecule has 2 rings (SSSR count). The lowest BCUT2D eigenvalue weighted by Crippen LogP contribution is -2.47. The summed E-state index contributed by atoms with van der Waals surface area (Å²) in [6.45, 7) is 2.13. The Balaban J connectivity index is 1.75. The van der Waals surface area contributed by atoms with Gasteiger partial charge in [-0.3, -0.25) is 4.79 Å². The fourth-order valence-electron chi connectivity index (χ4n) is 1.99. The molecule has 1 saturated carbocycles. The average molecular weight is 273 g/mol. The van der Waals surface area contributed by atoms with Crippen molar-refractivity contribution in [3.8, 4) is 0 Å². The minimum absolute atomic E-state index is 0.0907. The van der Waals surface area contributed by atoms with Gasteiger partial charge in [-0.1, -0.05) is 5.16 Å². The SMILES string of the molecule is Cc1noc(Cl)c1CCC(=O)NCC1(O)CCC1. The molecular weight excluding hydrogens is 256 g/mol. The molecule has 0 atom stereocenters. The highest BCUT2D eigenvalue weighted by Gasteiger charge is 2.34. The normalized spacial score (nSPS) is 17.3. The third kappa shape index (κ3) is 3.03. The molecule has 1 amide bonds. The maximum atomic E-state index is 11.6. The highest BCUT2D eigenvalue weighted by molar-refractivity contribution is 6.29. The van der Waals surface area contributed by atoms with Gasteiger partial charge >= 0.3 is 0 Å². The Kier molecular flexibility index (Phi) is 3.92. The van der Waals surface area contributed by atoms with Crippen molar-refractivity contribution in [1.29, 1.82) is 0 Å². The number of carbonyl (C=O) groups excluding carboxylic acids is 1. The van der Waals surface area contributed by atoms with Crippen LogP contribution in [-0.2, 0) is 11.2 Å². The van der Waals surface area contributed by atoms with Crippen molar-refractivity contribution in [2.75, 3.05) is 6.54 Å². The summed E-state index contributed by atoms with van der Waals surface area (Å²) < 4.78 is 4.81. The maximum Gasteiger partial charge on any atom is 0.229 e. The zero-order valence-corrected chi connectivity index (χ0v) is 11.1. The van der Waals surface area contributed by atoms with Gasteiger partial charge in [-0.2, -0.15) is 0 Å². The number of amides is 1. The molecule has 0 saturated heterocycles. The van der Waals surface area contributed by atoms with Gasteiger partial charge in [-0.15, -0.1) is 0 Å². The van der Waals surface area contributed by atoms with E-state index in [2.05, 4.69) is 10.5 Å². The van der Waals surface area contributed by atoms with Crippen molar-refractivity contribution in [1.82, 2.24) is 10.5 Å². The van der Waals surface area contributed by atoms with Crippen LogP contribution < -0.4 is 5.32 Å². The van der Waals surface area contributed by atoms with Crippen LogP contribution in [0.25, 0.3) is 0 Å². The zero-order valence-electron chi connectivity index (χ0n) is 10.3. The molecule has 18 heavy (non-hydrogen) atoms. The molecule has 1 aromatic heterocycles. The van der Waals surface area contributed by atoms with E-state index in [0.717, 1.165) is 24.8 Å². The summed E-state index contributed by atoms with van der Waals surface area (Å²) in [7, 11) is 0. The van der Waals surface area contributed by atoms with Crippen molar-refractivity contribution in [2.45, 2.75) is 44.6 Å². The molecule has 0 unspecified atom stereocenters. The number of rotatable bonds is 5. The Morgan fingerprint density at radius 2 is 2.33 bits per heavy atom. The maximum absolute atomic E-state index is 11.6. The second kappa shape index (κ2) is 5.28. The fourth-order valence-corrected chi connectivity index (χ4v) is 2.26. The molecule has 2 N–H and O–H groups in total. The van der Waals surface area contributed by atoms with Gasteiger partial charge in [0.25, 0.3) is 0 Å². The Morgan fingerprint density at radius 3 is 2.83 bits per heavy atom. The zero-order chi connectivity index (χ0) is 13.2. The first-order chi connectivity index (χ1) is 8.50. The van der Waals surface area contributed by atoms with Crippen molar-refractivity contribution < 1.29 is 14.4 Å². The first kappa shape index (κ1) is 13.4. The number of carbonyl (C=O) groups is 1. The summed E-state index contributed by atoms with van der Waals surface area (Å²) in [5.74, 6) is -0.0907. The van der Waals surface area contributed by atoms with E-state index in [0.29, 0.717) is 25.1 Å². The van der Waals surface area contributed by atoms with E-state index < -0.39 is 5.60 Å². The first-order valence-corrected chi connectivity index (χ1v) is 6.48. The molecule has 6 heteroatoms. The van der Waals surface area contributed by atoms with Gasteiger partial charge in [0.1, 0.15) is 0 Å². The molecule has 1 fully saturated rings. The summed E-state index contributed by atoms with van der Waals surface area (Å²) in [5.41, 5.74) is 0.806. The molecule has 100 valence electrons. The highest BCUT2D eigenvalue weighted by Crippen LogP contribution is 2.30. The lowest BCUT2D eigenvalue weighted by atomic mass is 9.80. The Hall–Kier alpha value is -1.07. The number of hydrogen-bond acceptors (Lipinski definition) is 4. The van der Waals surface area contributed by atoms with E-state index in [9.17, 15) is 9.90 Å². The molecule has 0 aliphatic heterocycles.